The predicted octanol–water partition coefficient (Wildman–Crippen LogP) is 2.82. The highest BCUT2D eigenvalue weighted by atomic mass is 32.2. The van der Waals surface area contributed by atoms with Crippen molar-refractivity contribution in [2.45, 2.75) is 31.6 Å². The van der Waals surface area contributed by atoms with Gasteiger partial charge in [0.15, 0.2) is 0 Å². The number of amides is 1. The van der Waals surface area contributed by atoms with Crippen LogP contribution in [0.25, 0.3) is 0 Å². The summed E-state index contributed by atoms with van der Waals surface area (Å²) in [5, 5.41) is 0. The van der Waals surface area contributed by atoms with E-state index in [2.05, 4.69) is 4.72 Å². The lowest BCUT2D eigenvalue weighted by Gasteiger charge is -2.17. The number of para-hydroxylation sites is 1. The highest BCUT2D eigenvalue weighted by Gasteiger charge is 2.34. The molecular formula is C18H22FN3O3S. The number of halogens is 1. The molecule has 2 aromatic rings. The Balaban J connectivity index is 2.10. The number of nitrogens with one attached hydrogen (secondary N) is 1. The largest absolute Gasteiger partial charge is 0.350 e. The number of likely N-dealkylation sites (tertiary alicyclic amines) is 1. The van der Waals surface area contributed by atoms with Gasteiger partial charge in [0.05, 0.1) is 11.3 Å². The molecule has 2 heterocycles. The zero-order valence-corrected chi connectivity index (χ0v) is 15.9. The summed E-state index contributed by atoms with van der Waals surface area (Å²) < 4.78 is 43.9. The summed E-state index contributed by atoms with van der Waals surface area (Å²) >= 11 is 0. The van der Waals surface area contributed by atoms with Crippen LogP contribution in [-0.2, 0) is 17.1 Å². The van der Waals surface area contributed by atoms with Crippen LogP contribution in [0.1, 0.15) is 34.6 Å². The van der Waals surface area contributed by atoms with Gasteiger partial charge in [0, 0.05) is 31.5 Å². The molecule has 0 radical (unpaired) electrons. The van der Waals surface area contributed by atoms with Crippen molar-refractivity contribution in [2.75, 3.05) is 17.8 Å². The first-order valence-corrected chi connectivity index (χ1v) is 9.95. The second kappa shape index (κ2) is 6.75. The maximum absolute atomic E-state index is 13.9. The molecule has 26 heavy (non-hydrogen) atoms. The average molecular weight is 379 g/mol. The minimum atomic E-state index is -4.13. The van der Waals surface area contributed by atoms with Gasteiger partial charge in [0.1, 0.15) is 10.7 Å². The van der Waals surface area contributed by atoms with Crippen molar-refractivity contribution in [2.24, 2.45) is 7.05 Å². The molecule has 1 N–H and O–H groups in total. The van der Waals surface area contributed by atoms with Gasteiger partial charge in [-0.2, -0.15) is 0 Å². The van der Waals surface area contributed by atoms with Crippen LogP contribution in [0.15, 0.2) is 29.2 Å². The predicted molar refractivity (Wildman–Crippen MR) is 97.2 cm³/mol. The van der Waals surface area contributed by atoms with Crippen LogP contribution in [0.5, 0.6) is 0 Å². The molecule has 6 nitrogen and oxygen atoms in total. The molecular weight excluding hydrogens is 357 g/mol. The van der Waals surface area contributed by atoms with E-state index < -0.39 is 15.8 Å². The molecule has 1 saturated heterocycles. The van der Waals surface area contributed by atoms with Crippen LogP contribution in [0, 0.1) is 19.7 Å². The van der Waals surface area contributed by atoms with E-state index in [9.17, 15) is 17.6 Å². The van der Waals surface area contributed by atoms with Crippen molar-refractivity contribution in [1.29, 1.82) is 0 Å². The Morgan fingerprint density at radius 1 is 1.12 bits per heavy atom. The van der Waals surface area contributed by atoms with Crippen LogP contribution in [-0.4, -0.2) is 36.9 Å². The normalized spacial score (nSPS) is 14.7. The Morgan fingerprint density at radius 3 is 2.35 bits per heavy atom. The number of anilines is 1. The van der Waals surface area contributed by atoms with Crippen molar-refractivity contribution in [3.8, 4) is 0 Å². The molecule has 140 valence electrons. The van der Waals surface area contributed by atoms with E-state index >= 15 is 0 Å². The first-order valence-electron chi connectivity index (χ1n) is 8.46. The Hall–Kier alpha value is -2.35. The summed E-state index contributed by atoms with van der Waals surface area (Å²) in [5.41, 5.74) is 1.03. The smallest absolute Gasteiger partial charge is 0.264 e. The average Bonchev–Trinajstić information content (AvgIpc) is 3.20. The van der Waals surface area contributed by atoms with Gasteiger partial charge in [0.25, 0.3) is 15.9 Å². The van der Waals surface area contributed by atoms with Crippen molar-refractivity contribution >= 4 is 21.6 Å². The van der Waals surface area contributed by atoms with Gasteiger partial charge < -0.3 is 9.47 Å². The van der Waals surface area contributed by atoms with Crippen LogP contribution in [0.3, 0.4) is 0 Å². The Kier molecular flexibility index (Phi) is 4.79. The monoisotopic (exact) mass is 379 g/mol. The summed E-state index contributed by atoms with van der Waals surface area (Å²) in [4.78, 5) is 14.6. The fourth-order valence-electron chi connectivity index (χ4n) is 3.32. The summed E-state index contributed by atoms with van der Waals surface area (Å²) in [7, 11) is -2.42. The van der Waals surface area contributed by atoms with Gasteiger partial charge in [-0.25, -0.2) is 12.8 Å². The molecule has 0 bridgehead atoms. The lowest BCUT2D eigenvalue weighted by molar-refractivity contribution is 0.0788. The minimum absolute atomic E-state index is 0.0855. The van der Waals surface area contributed by atoms with Crippen LogP contribution in [0.2, 0.25) is 0 Å². The zero-order chi connectivity index (χ0) is 19.1. The quantitative estimate of drug-likeness (QED) is 0.888. The number of sulfonamides is 1. The summed E-state index contributed by atoms with van der Waals surface area (Å²) in [6, 6.07) is 5.55. The van der Waals surface area contributed by atoms with Gasteiger partial charge >= 0.3 is 0 Å². The zero-order valence-electron chi connectivity index (χ0n) is 15.0. The number of carbonyl (C=O) groups is 1. The number of carbonyl (C=O) groups excluding carboxylic acids is 1. The molecule has 1 amide bonds. The number of hydrogen-bond donors (Lipinski definition) is 1. The van der Waals surface area contributed by atoms with Crippen LogP contribution < -0.4 is 4.72 Å². The van der Waals surface area contributed by atoms with E-state index in [0.717, 1.165) is 12.8 Å². The van der Waals surface area contributed by atoms with Gasteiger partial charge in [-0.15, -0.1) is 0 Å². The third-order valence-corrected chi connectivity index (χ3v) is 6.44. The fourth-order valence-corrected chi connectivity index (χ4v) is 4.90. The maximum Gasteiger partial charge on any atom is 0.264 e. The molecule has 0 spiro atoms. The maximum atomic E-state index is 13.9. The topological polar surface area (TPSA) is 71.4 Å². The fraction of sp³-hybridized carbons (Fsp3) is 0.389. The highest BCUT2D eigenvalue weighted by molar-refractivity contribution is 7.92. The number of benzene rings is 1. The lowest BCUT2D eigenvalue weighted by atomic mass is 10.2. The SMILES string of the molecule is Cc1c(C(=O)N2CCCC2)c(S(=O)(=O)Nc2ccccc2F)c(C)n1C. The third-order valence-electron chi connectivity index (χ3n) is 4.92. The Labute approximate surface area is 152 Å². The Bertz CT molecular complexity index is 960. The lowest BCUT2D eigenvalue weighted by Crippen LogP contribution is -2.30. The number of aromatic nitrogens is 1. The van der Waals surface area contributed by atoms with E-state index in [-0.39, 0.29) is 22.1 Å². The molecule has 1 aromatic heterocycles. The molecule has 0 aliphatic carbocycles. The van der Waals surface area contributed by atoms with Crippen molar-refractivity contribution in [3.63, 3.8) is 0 Å². The molecule has 1 aliphatic rings. The van der Waals surface area contributed by atoms with Crippen molar-refractivity contribution in [3.05, 3.63) is 47.0 Å². The van der Waals surface area contributed by atoms with E-state index in [1.807, 2.05) is 0 Å². The van der Waals surface area contributed by atoms with Crippen LogP contribution >= 0.6 is 0 Å². The second-order valence-corrected chi connectivity index (χ2v) is 8.14. The first-order chi connectivity index (χ1) is 12.2. The molecule has 1 aromatic carbocycles. The summed E-state index contributed by atoms with van der Waals surface area (Å²) in [6.07, 6.45) is 1.82. The molecule has 0 unspecified atom stereocenters. The number of rotatable bonds is 4. The summed E-state index contributed by atoms with van der Waals surface area (Å²) in [6.45, 7) is 4.60. The van der Waals surface area contributed by atoms with E-state index in [1.54, 1.807) is 36.4 Å². The van der Waals surface area contributed by atoms with Crippen molar-refractivity contribution in [1.82, 2.24) is 9.47 Å². The van der Waals surface area contributed by atoms with E-state index in [4.69, 9.17) is 0 Å². The third kappa shape index (κ3) is 3.09. The van der Waals surface area contributed by atoms with Gasteiger partial charge in [-0.05, 0) is 38.8 Å². The van der Waals surface area contributed by atoms with E-state index in [0.29, 0.717) is 24.5 Å². The standard InChI is InChI=1S/C18H22FN3O3S/c1-12-16(18(23)22-10-6-7-11-22)17(13(2)21(12)3)26(24,25)20-15-9-5-4-8-14(15)19/h4-5,8-9,20H,6-7,10-11H2,1-3H3. The molecule has 0 saturated carbocycles. The Morgan fingerprint density at radius 2 is 1.73 bits per heavy atom. The highest BCUT2D eigenvalue weighted by Crippen LogP contribution is 2.30. The van der Waals surface area contributed by atoms with Crippen LogP contribution in [0.4, 0.5) is 10.1 Å². The minimum Gasteiger partial charge on any atom is -0.350 e. The van der Waals surface area contributed by atoms with Gasteiger partial charge in [-0.1, -0.05) is 12.1 Å². The van der Waals surface area contributed by atoms with Crippen molar-refractivity contribution < 1.29 is 17.6 Å². The molecule has 1 aliphatic heterocycles. The van der Waals surface area contributed by atoms with Gasteiger partial charge in [-0.3, -0.25) is 9.52 Å². The second-order valence-electron chi connectivity index (χ2n) is 6.52. The molecule has 8 heteroatoms. The summed E-state index contributed by atoms with van der Waals surface area (Å²) in [5.74, 6) is -0.966. The number of hydrogen-bond acceptors (Lipinski definition) is 3. The van der Waals surface area contributed by atoms with Gasteiger partial charge in [0.2, 0.25) is 0 Å². The molecule has 0 atom stereocenters. The number of nitrogens with zero attached hydrogens (tertiary/aromatic N) is 2. The first kappa shape index (κ1) is 18.4. The van der Waals surface area contributed by atoms with E-state index in [1.165, 1.54) is 18.2 Å². The molecule has 3 rings (SSSR count). The molecule has 1 fully saturated rings.